The molecule has 0 spiro atoms. The highest BCUT2D eigenvalue weighted by atomic mass is 15.0. The van der Waals surface area contributed by atoms with Crippen LogP contribution in [0.1, 0.15) is 38.3 Å². The topological polar surface area (TPSA) is 24.1 Å². The van der Waals surface area contributed by atoms with Crippen molar-refractivity contribution in [3.8, 4) is 0 Å². The van der Waals surface area contributed by atoms with Gasteiger partial charge in [-0.3, -0.25) is 0 Å². The maximum Gasteiger partial charge on any atom is 0.0622 e. The molecule has 0 atom stereocenters. The molecule has 0 aromatic heterocycles. The predicted molar refractivity (Wildman–Crippen MR) is 91.7 cm³/mol. The number of aryl methyl sites for hydroxylation is 1. The molecule has 0 bridgehead atoms. The van der Waals surface area contributed by atoms with Crippen LogP contribution in [0.3, 0.4) is 0 Å². The molecule has 0 aliphatic carbocycles. The Hall–Kier alpha value is -1.96. The van der Waals surface area contributed by atoms with Crippen LogP contribution in [-0.4, -0.2) is 6.54 Å². The van der Waals surface area contributed by atoms with Gasteiger partial charge < -0.3 is 10.6 Å². The molecule has 2 heteroatoms. The lowest BCUT2D eigenvalue weighted by molar-refractivity contribution is 0.590. The van der Waals surface area contributed by atoms with Crippen molar-refractivity contribution in [1.82, 2.24) is 0 Å². The summed E-state index contributed by atoms with van der Waals surface area (Å²) in [5, 5.41) is 7.07. The minimum Gasteiger partial charge on any atom is -0.383 e. The number of hydrogen-bond donors (Lipinski definition) is 2. The van der Waals surface area contributed by atoms with Crippen LogP contribution in [0.5, 0.6) is 0 Å². The summed E-state index contributed by atoms with van der Waals surface area (Å²) in [4.78, 5) is 0. The summed E-state index contributed by atoms with van der Waals surface area (Å²) < 4.78 is 0. The van der Waals surface area contributed by atoms with Crippen LogP contribution in [0.15, 0.2) is 42.5 Å². The molecule has 2 N–H and O–H groups in total. The molecule has 0 saturated heterocycles. The van der Waals surface area contributed by atoms with Crippen molar-refractivity contribution in [1.29, 1.82) is 0 Å². The fourth-order valence-electron chi connectivity index (χ4n) is 2.82. The fourth-order valence-corrected chi connectivity index (χ4v) is 2.82. The lowest BCUT2D eigenvalue weighted by Gasteiger charge is -2.22. The maximum atomic E-state index is 3.55. The Morgan fingerprint density at radius 3 is 2.48 bits per heavy atom. The van der Waals surface area contributed by atoms with Gasteiger partial charge in [0.05, 0.1) is 11.4 Å². The Labute approximate surface area is 127 Å². The normalized spacial score (nSPS) is 14.2. The first-order valence-electron chi connectivity index (χ1n) is 7.77. The summed E-state index contributed by atoms with van der Waals surface area (Å²) in [5.74, 6) is 0. The summed E-state index contributed by atoms with van der Waals surface area (Å²) in [7, 11) is 0. The lowest BCUT2D eigenvalue weighted by atomic mass is 9.87. The Morgan fingerprint density at radius 2 is 1.76 bits per heavy atom. The average molecular weight is 280 g/mol. The van der Waals surface area contributed by atoms with Gasteiger partial charge in [-0.25, -0.2) is 0 Å². The highest BCUT2D eigenvalue weighted by Gasteiger charge is 2.14. The van der Waals surface area contributed by atoms with Crippen LogP contribution < -0.4 is 10.6 Å². The van der Waals surface area contributed by atoms with E-state index < -0.39 is 0 Å². The highest BCUT2D eigenvalue weighted by molar-refractivity contribution is 5.77. The first-order chi connectivity index (χ1) is 10.0. The van der Waals surface area contributed by atoms with Crippen molar-refractivity contribution in [3.63, 3.8) is 0 Å². The van der Waals surface area contributed by atoms with Gasteiger partial charge >= 0.3 is 0 Å². The zero-order valence-corrected chi connectivity index (χ0v) is 13.2. The summed E-state index contributed by atoms with van der Waals surface area (Å²) in [6.45, 7) is 7.79. The van der Waals surface area contributed by atoms with Crippen LogP contribution in [0, 0.1) is 0 Å². The van der Waals surface area contributed by atoms with E-state index in [1.165, 1.54) is 35.3 Å². The Kier molecular flexibility index (Phi) is 3.62. The molecule has 1 aliphatic rings. The van der Waals surface area contributed by atoms with Gasteiger partial charge in [0.2, 0.25) is 0 Å². The molecule has 0 saturated carbocycles. The van der Waals surface area contributed by atoms with Crippen molar-refractivity contribution in [2.75, 3.05) is 17.2 Å². The summed E-state index contributed by atoms with van der Waals surface area (Å²) in [5.41, 5.74) is 6.56. The van der Waals surface area contributed by atoms with Gasteiger partial charge in [0, 0.05) is 12.2 Å². The zero-order chi connectivity index (χ0) is 14.9. The average Bonchev–Trinajstić information content (AvgIpc) is 2.47. The number of nitrogens with one attached hydrogen (secondary N) is 2. The van der Waals surface area contributed by atoms with Crippen LogP contribution in [-0.2, 0) is 11.8 Å². The maximum absolute atomic E-state index is 3.55. The molecule has 110 valence electrons. The number of anilines is 3. The van der Waals surface area contributed by atoms with E-state index in [1.807, 2.05) is 0 Å². The minimum absolute atomic E-state index is 0.200. The molecule has 0 unspecified atom stereocenters. The van der Waals surface area contributed by atoms with Gasteiger partial charge in [-0.15, -0.1) is 0 Å². The van der Waals surface area contributed by atoms with Crippen molar-refractivity contribution in [2.45, 2.75) is 39.0 Å². The van der Waals surface area contributed by atoms with E-state index in [2.05, 4.69) is 73.9 Å². The minimum atomic E-state index is 0.200. The number of hydrogen-bond acceptors (Lipinski definition) is 2. The second-order valence-electron chi connectivity index (χ2n) is 6.82. The van der Waals surface area contributed by atoms with Crippen LogP contribution >= 0.6 is 0 Å². The van der Waals surface area contributed by atoms with Gasteiger partial charge in [-0.2, -0.15) is 0 Å². The van der Waals surface area contributed by atoms with Gasteiger partial charge in [0.1, 0.15) is 0 Å². The molecule has 2 aromatic rings. The van der Waals surface area contributed by atoms with E-state index in [9.17, 15) is 0 Å². The van der Waals surface area contributed by atoms with E-state index in [-0.39, 0.29) is 5.41 Å². The second-order valence-corrected chi connectivity index (χ2v) is 6.82. The number of benzene rings is 2. The first-order valence-corrected chi connectivity index (χ1v) is 7.77. The molecule has 2 aromatic carbocycles. The van der Waals surface area contributed by atoms with Crippen molar-refractivity contribution in [3.05, 3.63) is 53.6 Å². The molecular formula is C19H24N2. The molecule has 1 aliphatic heterocycles. The number of para-hydroxylation sites is 1. The Morgan fingerprint density at radius 1 is 1.00 bits per heavy atom. The summed E-state index contributed by atoms with van der Waals surface area (Å²) >= 11 is 0. The monoisotopic (exact) mass is 280 g/mol. The molecule has 0 radical (unpaired) electrons. The Balaban J connectivity index is 1.84. The van der Waals surface area contributed by atoms with Crippen molar-refractivity contribution in [2.24, 2.45) is 0 Å². The smallest absolute Gasteiger partial charge is 0.0622 e. The third-order valence-corrected chi connectivity index (χ3v) is 4.11. The molecule has 0 amide bonds. The third-order valence-electron chi connectivity index (χ3n) is 4.11. The van der Waals surface area contributed by atoms with Crippen LogP contribution in [0.25, 0.3) is 0 Å². The van der Waals surface area contributed by atoms with Gasteiger partial charge in [0.15, 0.2) is 0 Å². The molecule has 1 heterocycles. The van der Waals surface area contributed by atoms with E-state index in [1.54, 1.807) is 0 Å². The van der Waals surface area contributed by atoms with Crippen molar-refractivity contribution < 1.29 is 0 Å². The predicted octanol–water partition coefficient (Wildman–Crippen LogP) is 5.09. The summed E-state index contributed by atoms with van der Waals surface area (Å²) in [6, 6.07) is 15.3. The molecule has 2 nitrogen and oxygen atoms in total. The quantitative estimate of drug-likeness (QED) is 0.801. The van der Waals surface area contributed by atoms with Crippen molar-refractivity contribution >= 4 is 17.1 Å². The van der Waals surface area contributed by atoms with E-state index in [4.69, 9.17) is 0 Å². The lowest BCUT2D eigenvalue weighted by Crippen LogP contribution is -2.13. The van der Waals surface area contributed by atoms with E-state index in [0.717, 1.165) is 12.2 Å². The first kappa shape index (κ1) is 14.0. The number of rotatable bonds is 2. The van der Waals surface area contributed by atoms with E-state index in [0.29, 0.717) is 0 Å². The molecule has 3 rings (SSSR count). The molecule has 0 fully saturated rings. The standard InChI is InChI=1S/C19H24N2/c1-19(2,3)15-9-11-16(12-10-15)21-17-8-4-6-14-7-5-13-20-18(14)17/h4,6,8-12,20-21H,5,7,13H2,1-3H3. The largest absolute Gasteiger partial charge is 0.383 e. The molecule has 21 heavy (non-hydrogen) atoms. The third kappa shape index (κ3) is 3.05. The SMILES string of the molecule is CC(C)(C)c1ccc(Nc2cccc3c2NCCC3)cc1. The highest BCUT2D eigenvalue weighted by Crippen LogP contribution is 2.32. The number of fused-ring (bicyclic) bond motifs is 1. The van der Waals surface area contributed by atoms with Crippen LogP contribution in [0.2, 0.25) is 0 Å². The fraction of sp³-hybridized carbons (Fsp3) is 0.368. The Bertz CT molecular complexity index is 621. The van der Waals surface area contributed by atoms with Gasteiger partial charge in [-0.1, -0.05) is 45.0 Å². The summed E-state index contributed by atoms with van der Waals surface area (Å²) in [6.07, 6.45) is 2.39. The molecular weight excluding hydrogens is 256 g/mol. The van der Waals surface area contributed by atoms with Gasteiger partial charge in [0.25, 0.3) is 0 Å². The van der Waals surface area contributed by atoms with E-state index >= 15 is 0 Å². The van der Waals surface area contributed by atoms with Crippen LogP contribution in [0.4, 0.5) is 17.1 Å². The van der Waals surface area contributed by atoms with Gasteiger partial charge in [-0.05, 0) is 47.6 Å². The zero-order valence-electron chi connectivity index (χ0n) is 13.2. The second kappa shape index (κ2) is 5.44.